The van der Waals surface area contributed by atoms with E-state index in [4.69, 9.17) is 21.7 Å². The number of thiocarbonyl (C=S) groups is 1. The molecule has 11 nitrogen and oxygen atoms in total. The number of nitrogens with one attached hydrogen (secondary N) is 3. The Morgan fingerprint density at radius 3 is 2.37 bits per heavy atom. The predicted octanol–water partition coefficient (Wildman–Crippen LogP) is 0.200. The molecule has 0 aliphatic heterocycles. The van der Waals surface area contributed by atoms with Crippen molar-refractivity contribution in [3.63, 3.8) is 0 Å². The minimum Gasteiger partial charge on any atom is -0.463 e. The molecular formula is C15H18N4O7S. The zero-order chi connectivity index (χ0) is 20.2. The van der Waals surface area contributed by atoms with Gasteiger partial charge in [-0.1, -0.05) is 0 Å². The Bertz CT molecular complexity index is 709. The van der Waals surface area contributed by atoms with Crippen LogP contribution in [0.3, 0.4) is 0 Å². The van der Waals surface area contributed by atoms with Gasteiger partial charge in [-0.05, 0) is 24.4 Å². The number of benzene rings is 1. The number of hydrogen-bond acceptors (Lipinski definition) is 8. The van der Waals surface area contributed by atoms with E-state index in [9.17, 15) is 24.5 Å². The Kier molecular flexibility index (Phi) is 9.33. The van der Waals surface area contributed by atoms with Gasteiger partial charge in [0.15, 0.2) is 5.11 Å². The largest absolute Gasteiger partial charge is 0.463 e. The van der Waals surface area contributed by atoms with Gasteiger partial charge in [0.1, 0.15) is 6.61 Å². The fourth-order valence-electron chi connectivity index (χ4n) is 1.67. The third kappa shape index (κ3) is 8.69. The van der Waals surface area contributed by atoms with Crippen molar-refractivity contribution < 1.29 is 28.8 Å². The maximum atomic E-state index is 11.9. The van der Waals surface area contributed by atoms with E-state index in [2.05, 4.69) is 16.2 Å². The zero-order valence-corrected chi connectivity index (χ0v) is 15.2. The average Bonchev–Trinajstić information content (AvgIpc) is 2.64. The zero-order valence-electron chi connectivity index (χ0n) is 14.4. The van der Waals surface area contributed by atoms with Gasteiger partial charge in [0.05, 0.1) is 18.0 Å². The summed E-state index contributed by atoms with van der Waals surface area (Å²) < 4.78 is 9.52. The minimum absolute atomic E-state index is 0.103. The number of amides is 2. The van der Waals surface area contributed by atoms with Gasteiger partial charge in [-0.25, -0.2) is 0 Å². The number of methoxy groups -OCH3 is 1. The van der Waals surface area contributed by atoms with Crippen LogP contribution in [0.1, 0.15) is 23.2 Å². The van der Waals surface area contributed by atoms with Crippen molar-refractivity contribution in [2.75, 3.05) is 20.3 Å². The molecule has 0 saturated heterocycles. The SMILES string of the molecule is COCCOC(=O)CCC(=O)NC(=S)NNC(=O)c1ccc([N+](=O)[O-])cc1. The Morgan fingerprint density at radius 2 is 1.78 bits per heavy atom. The quantitative estimate of drug-likeness (QED) is 0.183. The van der Waals surface area contributed by atoms with Gasteiger partial charge in [-0.2, -0.15) is 0 Å². The molecule has 0 aromatic heterocycles. The number of hydrazine groups is 1. The van der Waals surface area contributed by atoms with E-state index in [1.54, 1.807) is 0 Å². The molecule has 0 radical (unpaired) electrons. The monoisotopic (exact) mass is 398 g/mol. The molecule has 0 atom stereocenters. The van der Waals surface area contributed by atoms with Crippen molar-refractivity contribution in [1.29, 1.82) is 0 Å². The van der Waals surface area contributed by atoms with E-state index in [1.165, 1.54) is 31.4 Å². The van der Waals surface area contributed by atoms with Crippen molar-refractivity contribution in [3.8, 4) is 0 Å². The standard InChI is InChI=1S/C15H18N4O7S/c1-25-8-9-26-13(21)7-6-12(20)16-15(27)18-17-14(22)10-2-4-11(5-3-10)19(23)24/h2-5H,6-9H2,1H3,(H,17,22)(H2,16,18,20,27). The molecular weight excluding hydrogens is 380 g/mol. The molecule has 0 saturated carbocycles. The van der Waals surface area contributed by atoms with E-state index < -0.39 is 22.7 Å². The van der Waals surface area contributed by atoms with Gasteiger partial charge in [-0.15, -0.1) is 0 Å². The lowest BCUT2D eigenvalue weighted by Crippen LogP contribution is -2.48. The van der Waals surface area contributed by atoms with Crippen molar-refractivity contribution in [2.24, 2.45) is 0 Å². The second-order valence-electron chi connectivity index (χ2n) is 4.97. The molecule has 1 aromatic carbocycles. The van der Waals surface area contributed by atoms with Crippen LogP contribution in [0.5, 0.6) is 0 Å². The number of nitro benzene ring substituents is 1. The first kappa shape index (κ1) is 21.9. The second-order valence-corrected chi connectivity index (χ2v) is 5.38. The molecule has 1 rings (SSSR count). The van der Waals surface area contributed by atoms with Gasteiger partial charge in [-0.3, -0.25) is 35.3 Å². The van der Waals surface area contributed by atoms with Gasteiger partial charge >= 0.3 is 5.97 Å². The Labute approximate surface area is 159 Å². The molecule has 2 amide bonds. The first-order valence-corrected chi connectivity index (χ1v) is 8.03. The number of hydrogen-bond donors (Lipinski definition) is 3. The summed E-state index contributed by atoms with van der Waals surface area (Å²) in [6.07, 6.45) is -0.281. The van der Waals surface area contributed by atoms with Crippen molar-refractivity contribution in [1.82, 2.24) is 16.2 Å². The lowest BCUT2D eigenvalue weighted by molar-refractivity contribution is -0.384. The first-order valence-electron chi connectivity index (χ1n) is 7.62. The lowest BCUT2D eigenvalue weighted by Gasteiger charge is -2.10. The van der Waals surface area contributed by atoms with Crippen LogP contribution in [-0.2, 0) is 19.1 Å². The average molecular weight is 398 g/mol. The van der Waals surface area contributed by atoms with Crippen LogP contribution >= 0.6 is 12.2 Å². The molecule has 146 valence electrons. The van der Waals surface area contributed by atoms with Crippen LogP contribution in [0, 0.1) is 10.1 Å². The fraction of sp³-hybridized carbons (Fsp3) is 0.333. The van der Waals surface area contributed by atoms with Crippen molar-refractivity contribution >= 4 is 40.8 Å². The summed E-state index contributed by atoms with van der Waals surface area (Å²) in [7, 11) is 1.47. The highest BCUT2D eigenvalue weighted by atomic mass is 32.1. The molecule has 27 heavy (non-hydrogen) atoms. The third-order valence-corrected chi connectivity index (χ3v) is 3.19. The smallest absolute Gasteiger partial charge is 0.306 e. The van der Waals surface area contributed by atoms with E-state index in [0.717, 1.165) is 0 Å². The van der Waals surface area contributed by atoms with Crippen LogP contribution in [-0.4, -0.2) is 48.1 Å². The van der Waals surface area contributed by atoms with Crippen LogP contribution in [0.2, 0.25) is 0 Å². The lowest BCUT2D eigenvalue weighted by atomic mass is 10.2. The molecule has 12 heteroatoms. The highest BCUT2D eigenvalue weighted by Gasteiger charge is 2.12. The summed E-state index contributed by atoms with van der Waals surface area (Å²) in [5.41, 5.74) is 4.55. The fourth-order valence-corrected chi connectivity index (χ4v) is 1.83. The summed E-state index contributed by atoms with van der Waals surface area (Å²) in [6, 6.07) is 4.90. The first-order chi connectivity index (χ1) is 12.8. The number of nitrogens with zero attached hydrogens (tertiary/aromatic N) is 1. The molecule has 0 heterocycles. The Hall–Kier alpha value is -3.12. The number of non-ortho nitro benzene ring substituents is 1. The minimum atomic E-state index is -0.608. The van der Waals surface area contributed by atoms with Crippen molar-refractivity contribution in [3.05, 3.63) is 39.9 Å². The Balaban J connectivity index is 2.31. The number of esters is 1. The number of carbonyl (C=O) groups is 3. The number of rotatable bonds is 8. The molecule has 0 unspecified atom stereocenters. The topological polar surface area (TPSA) is 149 Å². The maximum absolute atomic E-state index is 11.9. The summed E-state index contributed by atoms with van der Waals surface area (Å²) in [5, 5.41) is 12.7. The van der Waals surface area contributed by atoms with E-state index in [0.29, 0.717) is 0 Å². The van der Waals surface area contributed by atoms with E-state index in [1.807, 2.05) is 0 Å². The molecule has 0 aliphatic carbocycles. The van der Waals surface area contributed by atoms with Crippen LogP contribution in [0.4, 0.5) is 5.69 Å². The third-order valence-electron chi connectivity index (χ3n) is 2.99. The van der Waals surface area contributed by atoms with Gasteiger partial charge in [0.2, 0.25) is 5.91 Å². The van der Waals surface area contributed by atoms with Crippen LogP contribution in [0.15, 0.2) is 24.3 Å². The predicted molar refractivity (Wildman–Crippen MR) is 96.5 cm³/mol. The van der Waals surface area contributed by atoms with Crippen molar-refractivity contribution in [2.45, 2.75) is 12.8 Å². The van der Waals surface area contributed by atoms with Crippen LogP contribution in [0.25, 0.3) is 0 Å². The molecule has 0 fully saturated rings. The molecule has 0 bridgehead atoms. The van der Waals surface area contributed by atoms with Crippen LogP contribution < -0.4 is 16.2 Å². The number of carbonyl (C=O) groups excluding carboxylic acids is 3. The van der Waals surface area contributed by atoms with E-state index in [-0.39, 0.29) is 42.4 Å². The second kappa shape index (κ2) is 11.5. The number of ether oxygens (including phenoxy) is 2. The molecule has 0 spiro atoms. The Morgan fingerprint density at radius 1 is 1.11 bits per heavy atom. The highest BCUT2D eigenvalue weighted by Crippen LogP contribution is 2.11. The van der Waals surface area contributed by atoms with Gasteiger partial charge < -0.3 is 14.8 Å². The highest BCUT2D eigenvalue weighted by molar-refractivity contribution is 7.80. The van der Waals surface area contributed by atoms with Gasteiger partial charge in [0, 0.05) is 31.2 Å². The summed E-state index contributed by atoms with van der Waals surface area (Å²) in [6.45, 7) is 0.367. The van der Waals surface area contributed by atoms with E-state index >= 15 is 0 Å². The summed E-state index contributed by atoms with van der Waals surface area (Å²) >= 11 is 4.84. The molecule has 1 aromatic rings. The molecule has 3 N–H and O–H groups in total. The normalized spacial score (nSPS) is 9.81. The number of nitro groups is 1. The summed E-state index contributed by atoms with van der Waals surface area (Å²) in [5.74, 6) is -1.70. The molecule has 0 aliphatic rings. The van der Waals surface area contributed by atoms with Gasteiger partial charge in [0.25, 0.3) is 11.6 Å². The maximum Gasteiger partial charge on any atom is 0.306 e. The summed E-state index contributed by atoms with van der Waals surface area (Å²) in [4.78, 5) is 44.8.